The summed E-state index contributed by atoms with van der Waals surface area (Å²) in [5.74, 6) is 0.509. The SMILES string of the molecule is O=C(Nc1cnccc1N1CCNCC1)c1nnc(-c2ccc(N3CCOCC3)nc2)o1. The lowest BCUT2D eigenvalue weighted by atomic mass is 10.2. The van der Waals surface area contributed by atoms with E-state index in [1.54, 1.807) is 18.6 Å². The summed E-state index contributed by atoms with van der Waals surface area (Å²) >= 11 is 0. The Morgan fingerprint density at radius 1 is 1.00 bits per heavy atom. The van der Waals surface area contributed by atoms with Crippen molar-refractivity contribution >= 4 is 23.1 Å². The van der Waals surface area contributed by atoms with Crippen LogP contribution in [0, 0.1) is 0 Å². The van der Waals surface area contributed by atoms with Crippen molar-refractivity contribution in [1.82, 2.24) is 25.5 Å². The predicted octanol–water partition coefficient (Wildman–Crippen LogP) is 1.03. The highest BCUT2D eigenvalue weighted by molar-refractivity contribution is 6.02. The number of aromatic nitrogens is 4. The molecule has 2 fully saturated rings. The third-order valence-corrected chi connectivity index (χ3v) is 5.45. The molecular weight excluding hydrogens is 412 g/mol. The van der Waals surface area contributed by atoms with E-state index >= 15 is 0 Å². The van der Waals surface area contributed by atoms with Crippen LogP contribution in [0.1, 0.15) is 10.7 Å². The largest absolute Gasteiger partial charge is 0.412 e. The molecule has 5 heterocycles. The van der Waals surface area contributed by atoms with Gasteiger partial charge in [0.2, 0.25) is 5.89 Å². The van der Waals surface area contributed by atoms with E-state index in [1.165, 1.54) is 0 Å². The summed E-state index contributed by atoms with van der Waals surface area (Å²) in [5.41, 5.74) is 2.17. The van der Waals surface area contributed by atoms with E-state index in [2.05, 4.69) is 40.6 Å². The first-order valence-corrected chi connectivity index (χ1v) is 10.6. The molecule has 1 amide bonds. The average Bonchev–Trinajstić information content (AvgIpc) is 3.36. The molecule has 0 spiro atoms. The topological polar surface area (TPSA) is 122 Å². The lowest BCUT2D eigenvalue weighted by molar-refractivity contribution is 0.0991. The number of carbonyl (C=O) groups is 1. The van der Waals surface area contributed by atoms with Crippen LogP contribution in [0.4, 0.5) is 17.2 Å². The zero-order valence-corrected chi connectivity index (χ0v) is 17.5. The van der Waals surface area contributed by atoms with Crippen molar-refractivity contribution in [2.24, 2.45) is 0 Å². The van der Waals surface area contributed by atoms with Gasteiger partial charge in [-0.25, -0.2) is 4.98 Å². The van der Waals surface area contributed by atoms with Crippen LogP contribution in [-0.2, 0) is 4.74 Å². The van der Waals surface area contributed by atoms with E-state index in [9.17, 15) is 4.79 Å². The number of rotatable bonds is 5. The number of nitrogens with one attached hydrogen (secondary N) is 2. The molecule has 2 N–H and O–H groups in total. The Kier molecular flexibility index (Phi) is 5.90. The van der Waals surface area contributed by atoms with Crippen LogP contribution < -0.4 is 20.4 Å². The first kappa shape index (κ1) is 20.3. The second kappa shape index (κ2) is 9.28. The van der Waals surface area contributed by atoms with Gasteiger partial charge in [0.05, 0.1) is 36.3 Å². The minimum Gasteiger partial charge on any atom is -0.412 e. The first-order valence-electron chi connectivity index (χ1n) is 10.6. The molecule has 3 aromatic heterocycles. The van der Waals surface area contributed by atoms with Gasteiger partial charge >= 0.3 is 11.8 Å². The molecule has 2 saturated heterocycles. The van der Waals surface area contributed by atoms with E-state index in [4.69, 9.17) is 9.15 Å². The minimum atomic E-state index is -0.481. The third kappa shape index (κ3) is 4.39. The van der Waals surface area contributed by atoms with E-state index in [1.807, 2.05) is 18.2 Å². The van der Waals surface area contributed by atoms with Gasteiger partial charge in [-0.15, -0.1) is 10.2 Å². The van der Waals surface area contributed by atoms with Crippen molar-refractivity contribution < 1.29 is 13.9 Å². The summed E-state index contributed by atoms with van der Waals surface area (Å²) in [5, 5.41) is 14.1. The van der Waals surface area contributed by atoms with Crippen molar-refractivity contribution in [2.75, 3.05) is 67.6 Å². The lowest BCUT2D eigenvalue weighted by Crippen LogP contribution is -2.43. The van der Waals surface area contributed by atoms with Gasteiger partial charge in [0.25, 0.3) is 0 Å². The maximum atomic E-state index is 12.8. The minimum absolute atomic E-state index is 0.118. The lowest BCUT2D eigenvalue weighted by Gasteiger charge is -2.30. The number of nitrogens with zero attached hydrogens (tertiary/aromatic N) is 6. The maximum Gasteiger partial charge on any atom is 0.313 e. The fourth-order valence-electron chi connectivity index (χ4n) is 3.76. The Balaban J connectivity index is 1.28. The summed E-state index contributed by atoms with van der Waals surface area (Å²) in [4.78, 5) is 25.7. The average molecular weight is 436 g/mol. The van der Waals surface area contributed by atoms with Gasteiger partial charge in [0, 0.05) is 51.7 Å². The molecule has 0 radical (unpaired) electrons. The molecule has 2 aliphatic rings. The van der Waals surface area contributed by atoms with E-state index in [-0.39, 0.29) is 11.8 Å². The number of piperazine rings is 1. The number of ether oxygens (including phenoxy) is 1. The van der Waals surface area contributed by atoms with Crippen LogP contribution in [0.3, 0.4) is 0 Å². The second-order valence-corrected chi connectivity index (χ2v) is 7.50. The highest BCUT2D eigenvalue weighted by atomic mass is 16.5. The molecule has 2 aliphatic heterocycles. The van der Waals surface area contributed by atoms with Gasteiger partial charge in [-0.3, -0.25) is 9.78 Å². The number of hydrogen-bond acceptors (Lipinski definition) is 10. The molecule has 11 nitrogen and oxygen atoms in total. The monoisotopic (exact) mass is 436 g/mol. The Bertz CT molecular complexity index is 1060. The van der Waals surface area contributed by atoms with E-state index < -0.39 is 5.91 Å². The molecule has 3 aromatic rings. The third-order valence-electron chi connectivity index (χ3n) is 5.45. The van der Waals surface area contributed by atoms with Gasteiger partial charge in [0.1, 0.15) is 5.82 Å². The Morgan fingerprint density at radius 2 is 1.84 bits per heavy atom. The number of hydrogen-bond donors (Lipinski definition) is 2. The summed E-state index contributed by atoms with van der Waals surface area (Å²) in [6, 6.07) is 5.65. The van der Waals surface area contributed by atoms with E-state index in [0.717, 1.165) is 50.8 Å². The molecule has 0 bridgehead atoms. The fraction of sp³-hybridized carbons (Fsp3) is 0.381. The highest BCUT2D eigenvalue weighted by Gasteiger charge is 2.20. The summed E-state index contributed by atoms with van der Waals surface area (Å²) in [6.07, 6.45) is 5.01. The van der Waals surface area contributed by atoms with Crippen LogP contribution >= 0.6 is 0 Å². The normalized spacial score (nSPS) is 16.8. The van der Waals surface area contributed by atoms with Gasteiger partial charge in [0.15, 0.2) is 0 Å². The highest BCUT2D eigenvalue weighted by Crippen LogP contribution is 2.26. The number of carbonyl (C=O) groups excluding carboxylic acids is 1. The molecule has 0 saturated carbocycles. The second-order valence-electron chi connectivity index (χ2n) is 7.50. The summed E-state index contributed by atoms with van der Waals surface area (Å²) in [6.45, 7) is 6.49. The van der Waals surface area contributed by atoms with Gasteiger partial charge in [-0.05, 0) is 18.2 Å². The molecule has 0 atom stereocenters. The number of morpholine rings is 1. The summed E-state index contributed by atoms with van der Waals surface area (Å²) < 4.78 is 11.0. The van der Waals surface area contributed by atoms with Crippen LogP contribution in [0.15, 0.2) is 41.2 Å². The van der Waals surface area contributed by atoms with Crippen LogP contribution in [0.2, 0.25) is 0 Å². The molecule has 0 aromatic carbocycles. The predicted molar refractivity (Wildman–Crippen MR) is 118 cm³/mol. The van der Waals surface area contributed by atoms with Crippen molar-refractivity contribution in [2.45, 2.75) is 0 Å². The summed E-state index contributed by atoms with van der Waals surface area (Å²) in [7, 11) is 0. The first-order chi connectivity index (χ1) is 15.8. The molecule has 32 heavy (non-hydrogen) atoms. The van der Waals surface area contributed by atoms with Crippen molar-refractivity contribution in [1.29, 1.82) is 0 Å². The Labute approximate surface area is 184 Å². The fourth-order valence-corrected chi connectivity index (χ4v) is 3.76. The number of anilines is 3. The number of amides is 1. The van der Waals surface area contributed by atoms with Gasteiger partial charge in [-0.2, -0.15) is 0 Å². The van der Waals surface area contributed by atoms with Crippen LogP contribution in [-0.4, -0.2) is 78.6 Å². The standard InChI is InChI=1S/C21H24N8O3/c30-19(25-16-14-23-4-3-17(16)28-7-5-22-6-8-28)21-27-26-20(32-21)15-1-2-18(24-13-15)29-9-11-31-12-10-29/h1-4,13-14,22H,5-12H2,(H,25,30). The Hall–Kier alpha value is -3.57. The zero-order chi connectivity index (χ0) is 21.8. The molecule has 11 heteroatoms. The Morgan fingerprint density at radius 3 is 2.62 bits per heavy atom. The van der Waals surface area contributed by atoms with Gasteiger partial charge in [-0.1, -0.05) is 0 Å². The smallest absolute Gasteiger partial charge is 0.313 e. The molecule has 0 aliphatic carbocycles. The van der Waals surface area contributed by atoms with Crippen LogP contribution in [0.5, 0.6) is 0 Å². The molecule has 5 rings (SSSR count). The van der Waals surface area contributed by atoms with Crippen molar-refractivity contribution in [3.05, 3.63) is 42.7 Å². The van der Waals surface area contributed by atoms with Crippen molar-refractivity contribution in [3.63, 3.8) is 0 Å². The quantitative estimate of drug-likeness (QED) is 0.600. The number of pyridine rings is 2. The molecule has 166 valence electrons. The van der Waals surface area contributed by atoms with Gasteiger partial charge < -0.3 is 29.6 Å². The zero-order valence-electron chi connectivity index (χ0n) is 17.5. The van der Waals surface area contributed by atoms with E-state index in [0.29, 0.717) is 24.5 Å². The molecular formula is C21H24N8O3. The molecule has 0 unspecified atom stereocenters. The maximum absolute atomic E-state index is 12.8. The van der Waals surface area contributed by atoms with Crippen LogP contribution in [0.25, 0.3) is 11.5 Å². The van der Waals surface area contributed by atoms with Crippen molar-refractivity contribution in [3.8, 4) is 11.5 Å².